The first-order valence-corrected chi connectivity index (χ1v) is 8.19. The predicted octanol–water partition coefficient (Wildman–Crippen LogP) is 2.90. The molecule has 1 aliphatic rings. The Morgan fingerprint density at radius 2 is 1.92 bits per heavy atom. The lowest BCUT2D eigenvalue weighted by atomic mass is 10.1. The van der Waals surface area contributed by atoms with Gasteiger partial charge in [0.15, 0.2) is 0 Å². The molecule has 3 rings (SSSR count). The third-order valence-electron chi connectivity index (χ3n) is 4.08. The van der Waals surface area contributed by atoms with Crippen molar-refractivity contribution in [1.29, 1.82) is 0 Å². The maximum Gasteiger partial charge on any atom is 0.255 e. The summed E-state index contributed by atoms with van der Waals surface area (Å²) in [7, 11) is 1.71. The van der Waals surface area contributed by atoms with E-state index in [0.29, 0.717) is 34.4 Å². The fraction of sp³-hybridized carbons (Fsp3) is 0.294. The molecular weight excluding hydrogens is 351 g/mol. The van der Waals surface area contributed by atoms with Gasteiger partial charge in [-0.3, -0.25) is 9.59 Å². The van der Waals surface area contributed by atoms with Gasteiger partial charge < -0.3 is 14.2 Å². The van der Waals surface area contributed by atoms with Crippen LogP contribution >= 0.6 is 23.2 Å². The minimum atomic E-state index is -0.156. The number of likely N-dealkylation sites (tertiary alicyclic amines) is 1. The second-order valence-electron chi connectivity index (χ2n) is 5.80. The molecule has 1 aromatic heterocycles. The zero-order chi connectivity index (χ0) is 17.4. The van der Waals surface area contributed by atoms with Crippen molar-refractivity contribution in [2.75, 3.05) is 13.1 Å². The Bertz CT molecular complexity index is 857. The van der Waals surface area contributed by atoms with Gasteiger partial charge in [0.2, 0.25) is 0 Å². The number of pyridine rings is 1. The van der Waals surface area contributed by atoms with Crippen LogP contribution in [0.5, 0.6) is 5.75 Å². The minimum Gasteiger partial charge on any atom is -0.486 e. The molecule has 1 saturated heterocycles. The Morgan fingerprint density at radius 1 is 1.21 bits per heavy atom. The van der Waals surface area contributed by atoms with Gasteiger partial charge in [-0.05, 0) is 31.2 Å². The molecule has 24 heavy (non-hydrogen) atoms. The first kappa shape index (κ1) is 16.9. The number of amides is 1. The van der Waals surface area contributed by atoms with Gasteiger partial charge in [-0.2, -0.15) is 0 Å². The lowest BCUT2D eigenvalue weighted by Gasteiger charge is -2.39. The van der Waals surface area contributed by atoms with E-state index >= 15 is 0 Å². The fourth-order valence-electron chi connectivity index (χ4n) is 2.51. The topological polar surface area (TPSA) is 51.5 Å². The van der Waals surface area contributed by atoms with E-state index in [0.717, 1.165) is 5.69 Å². The molecule has 1 amide bonds. The molecule has 1 aromatic carbocycles. The SMILES string of the molecule is Cc1cc(OC2CN(C(=O)c3ccc(Cl)cc3Cl)C2)cc(=O)n1C. The van der Waals surface area contributed by atoms with Gasteiger partial charge in [0, 0.05) is 23.8 Å². The summed E-state index contributed by atoms with van der Waals surface area (Å²) in [6.45, 7) is 2.74. The highest BCUT2D eigenvalue weighted by Gasteiger charge is 2.33. The average molecular weight is 367 g/mol. The molecule has 0 unspecified atom stereocenters. The van der Waals surface area contributed by atoms with Crippen LogP contribution in [0.15, 0.2) is 35.1 Å². The van der Waals surface area contributed by atoms with E-state index in [9.17, 15) is 9.59 Å². The van der Waals surface area contributed by atoms with Crippen molar-refractivity contribution in [2.45, 2.75) is 13.0 Å². The van der Waals surface area contributed by atoms with Crippen molar-refractivity contribution in [3.05, 3.63) is 62.0 Å². The molecule has 126 valence electrons. The monoisotopic (exact) mass is 366 g/mol. The molecule has 2 aromatic rings. The Hall–Kier alpha value is -1.98. The molecule has 0 N–H and O–H groups in total. The number of carbonyl (C=O) groups excluding carboxylic acids is 1. The van der Waals surface area contributed by atoms with E-state index in [1.165, 1.54) is 6.07 Å². The second kappa shape index (κ2) is 6.49. The van der Waals surface area contributed by atoms with Crippen LogP contribution < -0.4 is 10.3 Å². The minimum absolute atomic E-state index is 0.120. The maximum absolute atomic E-state index is 12.4. The Kier molecular flexibility index (Phi) is 4.56. The Labute approximate surface area is 149 Å². The van der Waals surface area contributed by atoms with E-state index in [1.807, 2.05) is 13.0 Å². The van der Waals surface area contributed by atoms with Crippen molar-refractivity contribution >= 4 is 29.1 Å². The summed E-state index contributed by atoms with van der Waals surface area (Å²) in [5.41, 5.74) is 1.12. The molecule has 1 aliphatic heterocycles. The first-order chi connectivity index (χ1) is 11.3. The summed E-state index contributed by atoms with van der Waals surface area (Å²) in [6, 6.07) is 8.06. The van der Waals surface area contributed by atoms with Crippen LogP contribution in [-0.4, -0.2) is 34.6 Å². The van der Waals surface area contributed by atoms with Gasteiger partial charge >= 0.3 is 0 Å². The third-order valence-corrected chi connectivity index (χ3v) is 4.62. The molecule has 0 spiro atoms. The van der Waals surface area contributed by atoms with E-state index in [2.05, 4.69) is 0 Å². The molecule has 0 bridgehead atoms. The van der Waals surface area contributed by atoms with Crippen LogP contribution in [0.2, 0.25) is 10.0 Å². The molecular formula is C17H16Cl2N2O3. The number of nitrogens with zero attached hydrogens (tertiary/aromatic N) is 2. The van der Waals surface area contributed by atoms with E-state index in [-0.39, 0.29) is 17.6 Å². The highest BCUT2D eigenvalue weighted by molar-refractivity contribution is 6.36. The molecule has 0 aliphatic carbocycles. The highest BCUT2D eigenvalue weighted by atomic mass is 35.5. The van der Waals surface area contributed by atoms with E-state index in [1.54, 1.807) is 34.7 Å². The van der Waals surface area contributed by atoms with Gasteiger partial charge in [0.05, 0.1) is 23.7 Å². The van der Waals surface area contributed by atoms with Crippen molar-refractivity contribution in [3.8, 4) is 5.75 Å². The van der Waals surface area contributed by atoms with Crippen molar-refractivity contribution in [3.63, 3.8) is 0 Å². The molecule has 0 saturated carbocycles. The second-order valence-corrected chi connectivity index (χ2v) is 6.65. The molecule has 1 fully saturated rings. The normalized spacial score (nSPS) is 14.4. The maximum atomic E-state index is 12.4. The zero-order valence-corrected chi connectivity index (χ0v) is 14.8. The highest BCUT2D eigenvalue weighted by Crippen LogP contribution is 2.25. The van der Waals surface area contributed by atoms with Crippen LogP contribution in [0.25, 0.3) is 0 Å². The lowest BCUT2D eigenvalue weighted by Crippen LogP contribution is -2.56. The van der Waals surface area contributed by atoms with Crippen LogP contribution in [0.3, 0.4) is 0 Å². The van der Waals surface area contributed by atoms with Crippen LogP contribution in [-0.2, 0) is 7.05 Å². The smallest absolute Gasteiger partial charge is 0.255 e. The van der Waals surface area contributed by atoms with Gasteiger partial charge in [0.25, 0.3) is 11.5 Å². The summed E-state index contributed by atoms with van der Waals surface area (Å²) in [5, 5.41) is 0.821. The van der Waals surface area contributed by atoms with E-state index in [4.69, 9.17) is 27.9 Å². The summed E-state index contributed by atoms with van der Waals surface area (Å²) >= 11 is 11.9. The molecule has 0 radical (unpaired) electrons. The lowest BCUT2D eigenvalue weighted by molar-refractivity contribution is 0.0177. The quantitative estimate of drug-likeness (QED) is 0.838. The number of benzene rings is 1. The number of aryl methyl sites for hydroxylation is 1. The van der Waals surface area contributed by atoms with Crippen molar-refractivity contribution in [1.82, 2.24) is 9.47 Å². The molecule has 2 heterocycles. The third kappa shape index (κ3) is 3.28. The Balaban J connectivity index is 1.63. The summed E-state index contributed by atoms with van der Waals surface area (Å²) in [6.07, 6.45) is -0.133. The number of ether oxygens (including phenoxy) is 1. The van der Waals surface area contributed by atoms with Crippen LogP contribution in [0, 0.1) is 6.92 Å². The Morgan fingerprint density at radius 3 is 2.54 bits per heavy atom. The van der Waals surface area contributed by atoms with Crippen LogP contribution in [0.4, 0.5) is 0 Å². The number of halogens is 2. The number of hydrogen-bond acceptors (Lipinski definition) is 3. The number of hydrogen-bond donors (Lipinski definition) is 0. The summed E-state index contributed by atoms with van der Waals surface area (Å²) < 4.78 is 7.32. The van der Waals surface area contributed by atoms with Crippen molar-refractivity contribution in [2.24, 2.45) is 7.05 Å². The first-order valence-electron chi connectivity index (χ1n) is 7.44. The standard InChI is InChI=1S/C17H16Cl2N2O3/c1-10-5-12(7-16(22)20(10)2)24-13-8-21(9-13)17(23)14-4-3-11(18)6-15(14)19/h3-7,13H,8-9H2,1-2H3. The summed E-state index contributed by atoms with van der Waals surface area (Å²) in [4.78, 5) is 25.8. The molecule has 5 nitrogen and oxygen atoms in total. The van der Waals surface area contributed by atoms with Gasteiger partial charge in [-0.25, -0.2) is 0 Å². The van der Waals surface area contributed by atoms with Crippen molar-refractivity contribution < 1.29 is 9.53 Å². The number of carbonyl (C=O) groups is 1. The zero-order valence-electron chi connectivity index (χ0n) is 13.3. The van der Waals surface area contributed by atoms with Gasteiger partial charge in [-0.1, -0.05) is 23.2 Å². The predicted molar refractivity (Wildman–Crippen MR) is 93.2 cm³/mol. The average Bonchev–Trinajstić information content (AvgIpc) is 2.47. The van der Waals surface area contributed by atoms with Gasteiger partial charge in [-0.15, -0.1) is 0 Å². The number of aromatic nitrogens is 1. The molecule has 0 atom stereocenters. The number of rotatable bonds is 3. The summed E-state index contributed by atoms with van der Waals surface area (Å²) in [5.74, 6) is 0.369. The van der Waals surface area contributed by atoms with Crippen LogP contribution in [0.1, 0.15) is 16.1 Å². The largest absolute Gasteiger partial charge is 0.486 e. The van der Waals surface area contributed by atoms with Gasteiger partial charge in [0.1, 0.15) is 11.9 Å². The molecule has 7 heteroatoms. The van der Waals surface area contributed by atoms with E-state index < -0.39 is 0 Å². The fourth-order valence-corrected chi connectivity index (χ4v) is 3.00.